The Balaban J connectivity index is 1.51. The Bertz CT molecular complexity index is 1160. The molecule has 0 aliphatic carbocycles. The Hall–Kier alpha value is -1.87. The summed E-state index contributed by atoms with van der Waals surface area (Å²) in [5.74, 6) is 0.758. The number of nitrogens with zero attached hydrogens (tertiary/aromatic N) is 1. The van der Waals surface area contributed by atoms with E-state index in [1.165, 1.54) is 40.3 Å². The van der Waals surface area contributed by atoms with Gasteiger partial charge in [0.1, 0.15) is 11.4 Å². The van der Waals surface area contributed by atoms with Gasteiger partial charge in [-0.15, -0.1) is 22.7 Å². The first-order valence-electron chi connectivity index (χ1n) is 12.6. The van der Waals surface area contributed by atoms with Gasteiger partial charge in [-0.05, 0) is 64.3 Å². The molecule has 2 aliphatic rings. The predicted molar refractivity (Wildman–Crippen MR) is 151 cm³/mol. The molecule has 0 radical (unpaired) electrons. The third kappa shape index (κ3) is 5.31. The molecule has 2 aromatic rings. The van der Waals surface area contributed by atoms with Gasteiger partial charge in [0.25, 0.3) is 0 Å². The van der Waals surface area contributed by atoms with Crippen molar-refractivity contribution in [3.63, 3.8) is 0 Å². The largest absolute Gasteiger partial charge is 0.498 e. The molecule has 35 heavy (non-hydrogen) atoms. The fourth-order valence-electron chi connectivity index (χ4n) is 4.31. The van der Waals surface area contributed by atoms with Crippen LogP contribution in [0, 0.1) is 16.7 Å². The minimum atomic E-state index is -0.689. The van der Waals surface area contributed by atoms with Crippen molar-refractivity contribution in [2.24, 2.45) is 10.9 Å². The molecule has 2 aromatic heterocycles. The van der Waals surface area contributed by atoms with Crippen molar-refractivity contribution in [2.75, 3.05) is 0 Å². The number of allylic oxidation sites excluding steroid dienone is 1. The van der Waals surface area contributed by atoms with Crippen LogP contribution in [0.4, 0.5) is 0 Å². The average Bonchev–Trinajstić information content (AvgIpc) is 3.51. The average molecular weight is 510 g/mol. The van der Waals surface area contributed by atoms with Crippen LogP contribution in [-0.2, 0) is 15.7 Å². The zero-order valence-electron chi connectivity index (χ0n) is 21.7. The van der Waals surface area contributed by atoms with Crippen molar-refractivity contribution in [3.05, 3.63) is 45.7 Å². The number of nitrogens with one attached hydrogen (secondary N) is 2. The van der Waals surface area contributed by atoms with Crippen LogP contribution in [0.5, 0.6) is 0 Å². The molecule has 0 bridgehead atoms. The van der Waals surface area contributed by atoms with Crippen molar-refractivity contribution >= 4 is 46.9 Å². The Labute approximate surface area is 217 Å². The lowest BCUT2D eigenvalue weighted by Crippen LogP contribution is -2.41. The van der Waals surface area contributed by atoms with Crippen LogP contribution < -0.4 is 0 Å². The van der Waals surface area contributed by atoms with E-state index in [9.17, 15) is 0 Å². The summed E-state index contributed by atoms with van der Waals surface area (Å²) >= 11 is 3.50. The third-order valence-corrected chi connectivity index (χ3v) is 9.79. The monoisotopic (exact) mass is 509 g/mol. The second-order valence-corrected chi connectivity index (χ2v) is 12.7. The first-order chi connectivity index (χ1) is 16.6. The Morgan fingerprint density at radius 2 is 1.54 bits per heavy atom. The van der Waals surface area contributed by atoms with Gasteiger partial charge in [-0.3, -0.25) is 15.8 Å². The van der Waals surface area contributed by atoms with Gasteiger partial charge in [-0.2, -0.15) is 0 Å². The standard InChI is InChI=1S/C27H36BN3O2S2/c1-7-9-10-17(8-2)15-18-11-12-20(34-18)21-13-14-22(35-21)25-24(30)23(29)19(16-31-25)28-32-26(3,4)27(5,6)33-28/h11-14,16-17,29-30H,7-10,15H2,1-6H3. The number of unbranched alkanes of at least 4 members (excludes halogenated alkanes) is 1. The summed E-state index contributed by atoms with van der Waals surface area (Å²) in [4.78, 5) is 9.37. The van der Waals surface area contributed by atoms with E-state index in [4.69, 9.17) is 20.1 Å². The molecular weight excluding hydrogens is 473 g/mol. The molecular formula is C27H36BN3O2S2. The SMILES string of the molecule is CCCCC(CC)Cc1ccc(-c2ccc(C3=NC=C(B4OC(C)(C)C(C)(C)O4)C(=N)C3=N)s2)s1. The molecule has 0 spiro atoms. The molecule has 1 saturated heterocycles. The number of hydrogen-bond acceptors (Lipinski definition) is 7. The summed E-state index contributed by atoms with van der Waals surface area (Å²) in [6.07, 6.45) is 7.89. The lowest BCUT2D eigenvalue weighted by atomic mass is 9.73. The second kappa shape index (κ2) is 10.2. The van der Waals surface area contributed by atoms with Gasteiger partial charge in [-0.25, -0.2) is 0 Å². The first-order valence-corrected chi connectivity index (χ1v) is 14.2. The number of hydrogen-bond donors (Lipinski definition) is 2. The molecule has 1 fully saturated rings. The molecule has 1 atom stereocenters. The molecule has 186 valence electrons. The van der Waals surface area contributed by atoms with E-state index in [-0.39, 0.29) is 11.4 Å². The fraction of sp³-hybridized carbons (Fsp3) is 0.519. The van der Waals surface area contributed by atoms with E-state index in [0.29, 0.717) is 11.2 Å². The first kappa shape index (κ1) is 26.2. The highest BCUT2D eigenvalue weighted by atomic mass is 32.1. The Kier molecular flexibility index (Phi) is 7.67. The van der Waals surface area contributed by atoms with Gasteiger partial charge >= 0.3 is 7.12 Å². The Morgan fingerprint density at radius 3 is 2.20 bits per heavy atom. The molecule has 5 nitrogen and oxygen atoms in total. The molecule has 8 heteroatoms. The minimum absolute atomic E-state index is 0.110. The van der Waals surface area contributed by atoms with Crippen LogP contribution in [0.3, 0.4) is 0 Å². The van der Waals surface area contributed by atoms with E-state index in [1.807, 2.05) is 45.1 Å². The fourth-order valence-corrected chi connectivity index (χ4v) is 6.53. The quantitative estimate of drug-likeness (QED) is 0.342. The summed E-state index contributed by atoms with van der Waals surface area (Å²) in [7, 11) is -0.689. The van der Waals surface area contributed by atoms with Gasteiger partial charge in [0.15, 0.2) is 0 Å². The van der Waals surface area contributed by atoms with Crippen molar-refractivity contribution in [3.8, 4) is 9.75 Å². The van der Waals surface area contributed by atoms with Gasteiger partial charge < -0.3 is 9.31 Å². The summed E-state index contributed by atoms with van der Waals surface area (Å²) in [5.41, 5.74) is 0.263. The Morgan fingerprint density at radius 1 is 0.914 bits per heavy atom. The highest BCUT2D eigenvalue weighted by Crippen LogP contribution is 2.40. The molecule has 4 heterocycles. The van der Waals surface area contributed by atoms with E-state index in [1.54, 1.807) is 17.5 Å². The van der Waals surface area contributed by atoms with Gasteiger partial charge in [0, 0.05) is 26.3 Å². The maximum absolute atomic E-state index is 8.66. The van der Waals surface area contributed by atoms with Gasteiger partial charge in [0.2, 0.25) is 0 Å². The normalized spacial score (nSPS) is 20.2. The lowest BCUT2D eigenvalue weighted by Gasteiger charge is -2.32. The molecule has 2 N–H and O–H groups in total. The highest BCUT2D eigenvalue weighted by Gasteiger charge is 2.53. The summed E-state index contributed by atoms with van der Waals surface area (Å²) in [6, 6.07) is 8.61. The zero-order valence-corrected chi connectivity index (χ0v) is 23.3. The maximum Gasteiger partial charge on any atom is 0.498 e. The molecule has 0 aromatic carbocycles. The van der Waals surface area contributed by atoms with Crippen LogP contribution in [0.25, 0.3) is 9.75 Å². The number of aliphatic imine (C=N–C) groups is 1. The molecule has 0 amide bonds. The van der Waals surface area contributed by atoms with Crippen LogP contribution in [-0.4, -0.2) is 35.5 Å². The van der Waals surface area contributed by atoms with Gasteiger partial charge in [0.05, 0.1) is 21.8 Å². The van der Waals surface area contributed by atoms with Crippen molar-refractivity contribution < 1.29 is 9.31 Å². The van der Waals surface area contributed by atoms with E-state index in [0.717, 1.165) is 17.2 Å². The third-order valence-electron chi connectivity index (χ3n) is 7.39. The van der Waals surface area contributed by atoms with Gasteiger partial charge in [-0.1, -0.05) is 39.5 Å². The zero-order chi connectivity index (χ0) is 25.4. The smallest absolute Gasteiger partial charge is 0.399 e. The topological polar surface area (TPSA) is 78.5 Å². The van der Waals surface area contributed by atoms with Crippen LogP contribution in [0.15, 0.2) is 40.9 Å². The lowest BCUT2D eigenvalue weighted by molar-refractivity contribution is 0.00578. The summed E-state index contributed by atoms with van der Waals surface area (Å²) in [6.45, 7) is 12.5. The van der Waals surface area contributed by atoms with Crippen molar-refractivity contribution in [1.82, 2.24) is 0 Å². The van der Waals surface area contributed by atoms with Crippen molar-refractivity contribution in [2.45, 2.75) is 84.8 Å². The second-order valence-electron chi connectivity index (χ2n) is 10.5. The van der Waals surface area contributed by atoms with Crippen LogP contribution >= 0.6 is 22.7 Å². The van der Waals surface area contributed by atoms with E-state index < -0.39 is 18.3 Å². The molecule has 0 saturated carbocycles. The highest BCUT2D eigenvalue weighted by molar-refractivity contribution is 7.23. The maximum atomic E-state index is 8.66. The predicted octanol–water partition coefficient (Wildman–Crippen LogP) is 7.59. The van der Waals surface area contributed by atoms with Crippen molar-refractivity contribution in [1.29, 1.82) is 10.8 Å². The van der Waals surface area contributed by atoms with Crippen LogP contribution in [0.1, 0.15) is 77.0 Å². The number of rotatable bonds is 9. The summed E-state index contributed by atoms with van der Waals surface area (Å²) in [5, 5.41) is 17.3. The molecule has 4 rings (SSSR count). The van der Waals surface area contributed by atoms with Crippen LogP contribution in [0.2, 0.25) is 0 Å². The van der Waals surface area contributed by atoms with E-state index >= 15 is 0 Å². The molecule has 1 unspecified atom stereocenters. The molecule has 2 aliphatic heterocycles. The minimum Gasteiger partial charge on any atom is -0.399 e. The number of thiophene rings is 2. The summed E-state index contributed by atoms with van der Waals surface area (Å²) < 4.78 is 12.2. The van der Waals surface area contributed by atoms with E-state index in [2.05, 4.69) is 37.0 Å².